The van der Waals surface area contributed by atoms with Crippen LogP contribution in [0.2, 0.25) is 0 Å². The molecule has 7 heteroatoms. The fraction of sp³-hybridized carbons (Fsp3) is 0.562. The van der Waals surface area contributed by atoms with Crippen molar-refractivity contribution in [2.75, 3.05) is 39.3 Å². The lowest BCUT2D eigenvalue weighted by Crippen LogP contribution is -2.49. The molecule has 0 saturated carbocycles. The Kier molecular flexibility index (Phi) is 3.74. The number of amides is 1. The smallest absolute Gasteiger partial charge is 0.259 e. The van der Waals surface area contributed by atoms with Gasteiger partial charge in [0, 0.05) is 57.2 Å². The Morgan fingerprint density at radius 1 is 1.30 bits per heavy atom. The number of hydrogen-bond acceptors (Lipinski definition) is 5. The van der Waals surface area contributed by atoms with Gasteiger partial charge in [0.1, 0.15) is 5.56 Å². The van der Waals surface area contributed by atoms with Crippen LogP contribution in [0.4, 0.5) is 0 Å². The number of aromatic nitrogens is 3. The van der Waals surface area contributed by atoms with Crippen LogP contribution in [0, 0.1) is 6.92 Å². The minimum atomic E-state index is 0.0516. The number of fused-ring (bicyclic) bond motifs is 1. The Bertz CT molecular complexity index is 720. The molecule has 2 aliphatic rings. The number of hydrogen-bond donors (Lipinski definition) is 1. The maximum atomic E-state index is 12.9. The van der Waals surface area contributed by atoms with E-state index >= 15 is 0 Å². The van der Waals surface area contributed by atoms with Crippen LogP contribution in [0.1, 0.15) is 22.5 Å². The Hall–Kier alpha value is -1.99. The van der Waals surface area contributed by atoms with E-state index in [-0.39, 0.29) is 5.91 Å². The van der Waals surface area contributed by atoms with Gasteiger partial charge in [0.2, 0.25) is 0 Å². The van der Waals surface area contributed by atoms with E-state index in [0.717, 1.165) is 51.4 Å². The third-order valence-electron chi connectivity index (χ3n) is 4.86. The molecule has 4 heterocycles. The minimum absolute atomic E-state index is 0.0516. The third-order valence-corrected chi connectivity index (χ3v) is 4.86. The summed E-state index contributed by atoms with van der Waals surface area (Å²) in [6, 6.07) is 2.38. The summed E-state index contributed by atoms with van der Waals surface area (Å²) < 4.78 is 1.67. The normalized spacial score (nSPS) is 22.8. The summed E-state index contributed by atoms with van der Waals surface area (Å²) in [5, 5.41) is 7.63. The van der Waals surface area contributed by atoms with Crippen LogP contribution in [-0.2, 0) is 0 Å². The molecule has 0 bridgehead atoms. The molecule has 2 aliphatic heterocycles. The van der Waals surface area contributed by atoms with Gasteiger partial charge in [-0.1, -0.05) is 0 Å². The second kappa shape index (κ2) is 5.90. The molecule has 23 heavy (non-hydrogen) atoms. The predicted molar refractivity (Wildman–Crippen MR) is 86.5 cm³/mol. The van der Waals surface area contributed by atoms with Crippen molar-refractivity contribution in [3.63, 3.8) is 0 Å². The van der Waals surface area contributed by atoms with Gasteiger partial charge in [0.25, 0.3) is 5.91 Å². The first-order valence-corrected chi connectivity index (χ1v) is 8.27. The summed E-state index contributed by atoms with van der Waals surface area (Å²) in [6.45, 7) is 7.79. The molecular weight excluding hydrogens is 292 g/mol. The van der Waals surface area contributed by atoms with Crippen LogP contribution in [0.5, 0.6) is 0 Å². The van der Waals surface area contributed by atoms with Crippen molar-refractivity contribution >= 4 is 11.6 Å². The van der Waals surface area contributed by atoms with E-state index in [2.05, 4.69) is 20.3 Å². The van der Waals surface area contributed by atoms with Crippen LogP contribution >= 0.6 is 0 Å². The van der Waals surface area contributed by atoms with Gasteiger partial charge in [-0.15, -0.1) is 0 Å². The number of rotatable bonds is 2. The van der Waals surface area contributed by atoms with Gasteiger partial charge in [-0.05, 0) is 19.4 Å². The molecule has 1 amide bonds. The molecule has 2 aromatic heterocycles. The molecule has 1 atom stereocenters. The van der Waals surface area contributed by atoms with Crippen molar-refractivity contribution < 1.29 is 4.79 Å². The number of nitrogens with one attached hydrogen (secondary N) is 1. The molecule has 0 aromatic carbocycles. The van der Waals surface area contributed by atoms with E-state index in [4.69, 9.17) is 0 Å². The number of carbonyl (C=O) groups is 1. The highest BCUT2D eigenvalue weighted by Gasteiger charge is 2.32. The van der Waals surface area contributed by atoms with E-state index in [1.165, 1.54) is 0 Å². The summed E-state index contributed by atoms with van der Waals surface area (Å²) in [5.41, 5.74) is 2.16. The molecule has 0 aliphatic carbocycles. The fourth-order valence-electron chi connectivity index (χ4n) is 3.55. The van der Waals surface area contributed by atoms with E-state index in [1.54, 1.807) is 10.7 Å². The number of carbonyl (C=O) groups excluding carboxylic acids is 1. The number of aryl methyl sites for hydroxylation is 1. The monoisotopic (exact) mass is 314 g/mol. The molecule has 1 N–H and O–H groups in total. The highest BCUT2D eigenvalue weighted by molar-refractivity contribution is 5.99. The van der Waals surface area contributed by atoms with Crippen molar-refractivity contribution in [2.24, 2.45) is 0 Å². The second-order valence-corrected chi connectivity index (χ2v) is 6.37. The van der Waals surface area contributed by atoms with Gasteiger partial charge in [-0.25, -0.2) is 9.50 Å². The van der Waals surface area contributed by atoms with Crippen molar-refractivity contribution in [3.05, 3.63) is 29.7 Å². The largest absolute Gasteiger partial charge is 0.337 e. The molecule has 2 fully saturated rings. The van der Waals surface area contributed by atoms with E-state index < -0.39 is 0 Å². The maximum absolute atomic E-state index is 12.9. The van der Waals surface area contributed by atoms with Gasteiger partial charge >= 0.3 is 0 Å². The standard InChI is InChI=1S/C16H22N6O/c1-12-2-7-22-15(19-12)14(10-18-22)16(23)21-6-3-13(11-21)20-8-4-17-5-9-20/h2,7,10,13,17H,3-6,8-9,11H2,1H3. The topological polar surface area (TPSA) is 65.8 Å². The van der Waals surface area contributed by atoms with Gasteiger partial charge in [0.15, 0.2) is 5.65 Å². The van der Waals surface area contributed by atoms with Gasteiger partial charge in [0.05, 0.1) is 6.20 Å². The zero-order valence-electron chi connectivity index (χ0n) is 13.4. The van der Waals surface area contributed by atoms with E-state index in [9.17, 15) is 4.79 Å². The predicted octanol–water partition coefficient (Wildman–Crippen LogP) is 0.157. The third kappa shape index (κ3) is 2.70. The lowest BCUT2D eigenvalue weighted by molar-refractivity contribution is 0.0775. The quantitative estimate of drug-likeness (QED) is 0.855. The van der Waals surface area contributed by atoms with Gasteiger partial charge < -0.3 is 10.2 Å². The van der Waals surface area contributed by atoms with Crippen LogP contribution in [0.3, 0.4) is 0 Å². The molecule has 122 valence electrons. The molecule has 7 nitrogen and oxygen atoms in total. The lowest BCUT2D eigenvalue weighted by atomic mass is 10.2. The van der Waals surface area contributed by atoms with Crippen LogP contribution in [-0.4, -0.2) is 75.6 Å². The van der Waals surface area contributed by atoms with Gasteiger partial charge in [-0.2, -0.15) is 5.10 Å². The molecule has 1 unspecified atom stereocenters. The fourth-order valence-corrected chi connectivity index (χ4v) is 3.55. The van der Waals surface area contributed by atoms with E-state index in [0.29, 0.717) is 17.3 Å². The lowest BCUT2D eigenvalue weighted by Gasteiger charge is -2.32. The summed E-state index contributed by atoms with van der Waals surface area (Å²) in [6.07, 6.45) is 4.54. The van der Waals surface area contributed by atoms with Crippen LogP contribution in [0.25, 0.3) is 5.65 Å². The van der Waals surface area contributed by atoms with Crippen molar-refractivity contribution in [1.29, 1.82) is 0 Å². The zero-order valence-corrected chi connectivity index (χ0v) is 13.4. The average Bonchev–Trinajstić information content (AvgIpc) is 3.22. The zero-order chi connectivity index (χ0) is 15.8. The first-order chi connectivity index (χ1) is 11.2. The molecule has 2 aromatic rings. The highest BCUT2D eigenvalue weighted by atomic mass is 16.2. The minimum Gasteiger partial charge on any atom is -0.337 e. The van der Waals surface area contributed by atoms with Crippen molar-refractivity contribution in [1.82, 2.24) is 29.7 Å². The first kappa shape index (κ1) is 14.6. The number of likely N-dealkylation sites (tertiary alicyclic amines) is 1. The number of nitrogens with zero attached hydrogens (tertiary/aromatic N) is 5. The molecule has 0 spiro atoms. The molecule has 4 rings (SSSR count). The second-order valence-electron chi connectivity index (χ2n) is 6.37. The van der Waals surface area contributed by atoms with Crippen LogP contribution < -0.4 is 5.32 Å². The molecule has 0 radical (unpaired) electrons. The average molecular weight is 314 g/mol. The summed E-state index contributed by atoms with van der Waals surface area (Å²) in [5.74, 6) is 0.0516. The first-order valence-electron chi connectivity index (χ1n) is 8.27. The highest BCUT2D eigenvalue weighted by Crippen LogP contribution is 2.20. The molecular formula is C16H22N6O. The Morgan fingerprint density at radius 3 is 2.96 bits per heavy atom. The van der Waals surface area contributed by atoms with Gasteiger partial charge in [-0.3, -0.25) is 9.69 Å². The van der Waals surface area contributed by atoms with Crippen molar-refractivity contribution in [3.8, 4) is 0 Å². The Balaban J connectivity index is 1.51. The van der Waals surface area contributed by atoms with Crippen molar-refractivity contribution in [2.45, 2.75) is 19.4 Å². The maximum Gasteiger partial charge on any atom is 0.259 e. The summed E-state index contributed by atoms with van der Waals surface area (Å²) in [7, 11) is 0. The Labute approximate surface area is 135 Å². The number of piperazine rings is 1. The SMILES string of the molecule is Cc1ccn2ncc(C(=O)N3CCC(N4CCNCC4)C3)c2n1. The summed E-state index contributed by atoms with van der Waals surface area (Å²) >= 11 is 0. The Morgan fingerprint density at radius 2 is 2.13 bits per heavy atom. The van der Waals surface area contributed by atoms with E-state index in [1.807, 2.05) is 24.1 Å². The van der Waals surface area contributed by atoms with Crippen LogP contribution in [0.15, 0.2) is 18.5 Å². The molecule has 2 saturated heterocycles. The summed E-state index contributed by atoms with van der Waals surface area (Å²) in [4.78, 5) is 21.8.